The number of hydrogen-bond acceptors (Lipinski definition) is 2. The molecule has 0 aliphatic rings. The predicted molar refractivity (Wildman–Crippen MR) is 23.4 cm³/mol. The number of rotatable bonds is 5. The lowest BCUT2D eigenvalue weighted by Gasteiger charge is -1.85. The molecule has 0 amide bonds. The van der Waals surface area contributed by atoms with Crippen molar-refractivity contribution in [3.05, 3.63) is 0 Å². The fourth-order valence-electron chi connectivity index (χ4n) is 0.0680. The molecule has 2 heteroatoms. The topological polar surface area (TPSA) is 40.5 Å². The van der Waals surface area contributed by atoms with Crippen LogP contribution in [0.4, 0.5) is 0 Å². The highest BCUT2D eigenvalue weighted by Gasteiger charge is 1.77. The van der Waals surface area contributed by atoms with Gasteiger partial charge in [-0.15, -0.1) is 0 Å². The SMILES string of the molecule is [2H]OC([2H])([2H])C([2H])C([2H])C([2H])([2H])O[2H]. The van der Waals surface area contributed by atoms with Gasteiger partial charge in [-0.1, -0.05) is 0 Å². The average molecular weight is 98.2 g/mol. The van der Waals surface area contributed by atoms with E-state index in [4.69, 9.17) is 11.1 Å². The fourth-order valence-corrected chi connectivity index (χ4v) is 0.0680. The Kier molecular flexibility index (Phi) is 0.704. The first-order valence-electron chi connectivity index (χ1n) is 5.29. The van der Waals surface area contributed by atoms with Crippen LogP contribution in [-0.2, 0) is 0 Å². The van der Waals surface area contributed by atoms with Gasteiger partial charge in [-0.3, -0.25) is 0 Å². The fraction of sp³-hybridized carbons (Fsp3) is 1.00. The van der Waals surface area contributed by atoms with Crippen molar-refractivity contribution in [3.8, 4) is 0 Å². The van der Waals surface area contributed by atoms with Gasteiger partial charge >= 0.3 is 0 Å². The van der Waals surface area contributed by atoms with Gasteiger partial charge in [0.05, 0.1) is 5.48 Å². The van der Waals surface area contributed by atoms with E-state index in [9.17, 15) is 0 Å². The van der Waals surface area contributed by atoms with Crippen molar-refractivity contribution >= 4 is 0 Å². The van der Waals surface area contributed by atoms with Crippen molar-refractivity contribution in [3.63, 3.8) is 0 Å². The van der Waals surface area contributed by atoms with E-state index in [1.165, 1.54) is 0 Å². The van der Waals surface area contributed by atoms with Gasteiger partial charge in [0.15, 0.2) is 0 Å². The summed E-state index contributed by atoms with van der Waals surface area (Å²) in [5, 5.41) is 7.11. The zero-order valence-electron chi connectivity index (χ0n) is 11.0. The molecule has 0 spiro atoms. The lowest BCUT2D eigenvalue weighted by Crippen LogP contribution is -1.85. The minimum absolute atomic E-state index is 1.99. The Balaban J connectivity index is 4.62. The summed E-state index contributed by atoms with van der Waals surface area (Å²) in [4.78, 5) is 0. The molecule has 0 fully saturated rings. The van der Waals surface area contributed by atoms with Crippen LogP contribution < -0.4 is 0 Å². The molecule has 0 aliphatic carbocycles. The summed E-state index contributed by atoms with van der Waals surface area (Å²) in [5.41, 5.74) is 0. The third-order valence-corrected chi connectivity index (χ3v) is 0.219. The van der Waals surface area contributed by atoms with Crippen LogP contribution in [0.1, 0.15) is 21.0 Å². The third kappa shape index (κ3) is 3.92. The Morgan fingerprint density at radius 2 is 1.83 bits per heavy atom. The molecule has 0 aromatic rings. The Hall–Kier alpha value is -0.0800. The normalized spacial score (nSPS) is 43.3. The Labute approximate surface area is 48.8 Å². The van der Waals surface area contributed by atoms with Crippen molar-refractivity contribution < 1.29 is 18.4 Å². The monoisotopic (exact) mass is 98.1 g/mol. The van der Waals surface area contributed by atoms with E-state index in [1.54, 1.807) is 0 Å². The summed E-state index contributed by atoms with van der Waals surface area (Å²) in [5.74, 6) is 0. The maximum Gasteiger partial charge on any atom is 0.210 e. The molecule has 0 aromatic carbocycles. The van der Waals surface area contributed by atoms with Crippen LogP contribution in [0.5, 0.6) is 0 Å². The first kappa shape index (κ1) is 0.858. The van der Waals surface area contributed by atoms with E-state index in [-0.39, 0.29) is 0 Å². The van der Waals surface area contributed by atoms with Gasteiger partial charge in [-0.2, -0.15) is 0 Å². The largest absolute Gasteiger partial charge is 0.396 e. The molecule has 0 radical (unpaired) electrons. The van der Waals surface area contributed by atoms with Crippen LogP contribution in [0.2, 0.25) is 0 Å². The van der Waals surface area contributed by atoms with Crippen molar-refractivity contribution in [1.29, 1.82) is 2.86 Å². The Bertz CT molecular complexity index is 164. The van der Waals surface area contributed by atoms with E-state index in [1.807, 2.05) is 0 Å². The molecule has 0 rings (SSSR count). The van der Waals surface area contributed by atoms with E-state index >= 15 is 0 Å². The van der Waals surface area contributed by atoms with Crippen LogP contribution in [0, 0.1) is 0 Å². The summed E-state index contributed by atoms with van der Waals surface area (Å²) in [6, 6.07) is 0. The standard InChI is InChI=1S/C4H10O2/c5-3-1-2-4-6/h5-6H,1-4H2/i1D,2D,3D2,4D2,5D,6D. The van der Waals surface area contributed by atoms with E-state index < -0.39 is 25.9 Å². The second-order valence-electron chi connectivity index (χ2n) is 0.569. The van der Waals surface area contributed by atoms with Gasteiger partial charge in [0.2, 0.25) is 2.86 Å². The van der Waals surface area contributed by atoms with Crippen LogP contribution in [0.3, 0.4) is 0 Å². The quantitative estimate of drug-likeness (QED) is 0.498. The van der Waals surface area contributed by atoms with Crippen LogP contribution in [0.15, 0.2) is 0 Å². The van der Waals surface area contributed by atoms with Crippen molar-refractivity contribution in [2.45, 2.75) is 12.8 Å². The molecule has 0 saturated carbocycles. The number of hydrogen-bond donors (Lipinski definition) is 2. The van der Waals surface area contributed by atoms with Gasteiger partial charge in [0, 0.05) is 15.9 Å². The summed E-state index contributed by atoms with van der Waals surface area (Å²) in [6.07, 6.45) is -3.97. The molecule has 2 nitrogen and oxygen atoms in total. The minimum atomic E-state index is -2.78. The van der Waals surface area contributed by atoms with E-state index in [0.717, 1.165) is 0 Å². The molecule has 0 heterocycles. The molecule has 2 atom stereocenters. The van der Waals surface area contributed by atoms with Crippen LogP contribution in [-0.4, -0.2) is 26.2 Å². The third-order valence-electron chi connectivity index (χ3n) is 0.219. The van der Waals surface area contributed by atoms with Crippen molar-refractivity contribution in [2.24, 2.45) is 0 Å². The molecule has 2 unspecified atom stereocenters. The maximum absolute atomic E-state index is 7.13. The highest BCUT2D eigenvalue weighted by molar-refractivity contribution is 4.30. The highest BCUT2D eigenvalue weighted by atomic mass is 16.3. The van der Waals surface area contributed by atoms with Gasteiger partial charge in [-0.05, 0) is 12.8 Å². The zero-order valence-corrected chi connectivity index (χ0v) is 2.97. The first-order valence-corrected chi connectivity index (χ1v) is 1.32. The second-order valence-corrected chi connectivity index (χ2v) is 0.569. The summed E-state index contributed by atoms with van der Waals surface area (Å²) in [6.45, 7) is -5.56. The van der Waals surface area contributed by atoms with E-state index in [2.05, 4.69) is 10.2 Å². The van der Waals surface area contributed by atoms with Crippen LogP contribution >= 0.6 is 0 Å². The van der Waals surface area contributed by atoms with E-state index in [0.29, 0.717) is 0 Å². The molecule has 38 valence electrons. The Morgan fingerprint density at radius 3 is 2.17 bits per heavy atom. The molecule has 6 heavy (non-hydrogen) atoms. The van der Waals surface area contributed by atoms with Crippen molar-refractivity contribution in [1.82, 2.24) is 0 Å². The molecular weight excluding hydrogens is 80.0 g/mol. The van der Waals surface area contributed by atoms with Crippen LogP contribution in [0.25, 0.3) is 0 Å². The second kappa shape index (κ2) is 4.92. The first-order chi connectivity index (χ1) is 6.19. The molecular formula is C4H10O2. The highest BCUT2D eigenvalue weighted by Crippen LogP contribution is 1.80. The maximum atomic E-state index is 7.13. The molecule has 0 saturated heterocycles. The van der Waals surface area contributed by atoms with Gasteiger partial charge in [-0.25, -0.2) is 0 Å². The average Bonchev–Trinajstić information content (AvgIpc) is 2.15. The lowest BCUT2D eigenvalue weighted by atomic mass is 10.3. The zero-order chi connectivity index (χ0) is 11.6. The van der Waals surface area contributed by atoms with Gasteiger partial charge < -0.3 is 10.2 Å². The van der Waals surface area contributed by atoms with Crippen molar-refractivity contribution in [2.75, 3.05) is 13.1 Å². The minimum Gasteiger partial charge on any atom is -0.396 e. The number of aliphatic hydroxyl groups is 2. The Morgan fingerprint density at radius 1 is 1.33 bits per heavy atom. The van der Waals surface area contributed by atoms with Gasteiger partial charge in [0.25, 0.3) is 0 Å². The molecule has 0 bridgehead atoms. The summed E-state index contributed by atoms with van der Waals surface area (Å²) >= 11 is 0. The lowest BCUT2D eigenvalue weighted by molar-refractivity contribution is 0.242. The smallest absolute Gasteiger partial charge is 0.210 e. The summed E-state index contributed by atoms with van der Waals surface area (Å²) in [7, 11) is 0. The molecule has 0 aliphatic heterocycles. The van der Waals surface area contributed by atoms with Gasteiger partial charge in [0.1, 0.15) is 0 Å². The molecule has 2 N–H and O–H groups in total. The predicted octanol–water partition coefficient (Wildman–Crippen LogP) is -0.249. The molecule has 0 aromatic heterocycles. The summed E-state index contributed by atoms with van der Waals surface area (Å²) < 4.78 is 54.6.